The first-order valence-electron chi connectivity index (χ1n) is 10.6. The van der Waals surface area contributed by atoms with Gasteiger partial charge in [-0.1, -0.05) is 24.3 Å². The SMILES string of the molecule is COC(=O)/C=C/c1ccc(CNC(=O)c2cc(C=O)nc(-c3ccc(-n4cccn4)cc3)n2)cc1. The molecule has 0 unspecified atom stereocenters. The smallest absolute Gasteiger partial charge is 0.330 e. The zero-order chi connectivity index (χ0) is 24.6. The number of nitrogens with one attached hydrogen (secondary N) is 1. The summed E-state index contributed by atoms with van der Waals surface area (Å²) in [6.07, 6.45) is 7.07. The molecular formula is C26H21N5O4. The Bertz CT molecular complexity index is 1360. The van der Waals surface area contributed by atoms with Gasteiger partial charge in [0.05, 0.1) is 12.8 Å². The van der Waals surface area contributed by atoms with Gasteiger partial charge in [-0.2, -0.15) is 5.10 Å². The topological polar surface area (TPSA) is 116 Å². The molecule has 9 heteroatoms. The summed E-state index contributed by atoms with van der Waals surface area (Å²) in [7, 11) is 1.32. The summed E-state index contributed by atoms with van der Waals surface area (Å²) >= 11 is 0. The monoisotopic (exact) mass is 467 g/mol. The summed E-state index contributed by atoms with van der Waals surface area (Å²) < 4.78 is 6.28. The Morgan fingerprint density at radius 2 is 1.83 bits per heavy atom. The Kier molecular flexibility index (Phi) is 7.17. The molecule has 2 aromatic heterocycles. The summed E-state index contributed by atoms with van der Waals surface area (Å²) in [5.41, 5.74) is 3.39. The highest BCUT2D eigenvalue weighted by atomic mass is 16.5. The molecule has 0 radical (unpaired) electrons. The first kappa shape index (κ1) is 23.2. The van der Waals surface area contributed by atoms with Crippen molar-refractivity contribution in [3.63, 3.8) is 0 Å². The van der Waals surface area contributed by atoms with Crippen molar-refractivity contribution >= 4 is 24.2 Å². The van der Waals surface area contributed by atoms with E-state index in [1.54, 1.807) is 29.1 Å². The lowest BCUT2D eigenvalue weighted by molar-refractivity contribution is -0.134. The molecule has 4 aromatic rings. The van der Waals surface area contributed by atoms with Crippen LogP contribution in [0, 0.1) is 0 Å². The van der Waals surface area contributed by atoms with Crippen LogP contribution in [0.25, 0.3) is 23.2 Å². The van der Waals surface area contributed by atoms with E-state index < -0.39 is 11.9 Å². The highest BCUT2D eigenvalue weighted by molar-refractivity contribution is 5.94. The number of aldehydes is 1. The van der Waals surface area contributed by atoms with Crippen molar-refractivity contribution in [1.29, 1.82) is 0 Å². The minimum atomic E-state index is -0.436. The summed E-state index contributed by atoms with van der Waals surface area (Å²) in [6, 6.07) is 17.8. The molecule has 2 heterocycles. The fourth-order valence-electron chi connectivity index (χ4n) is 3.21. The lowest BCUT2D eigenvalue weighted by atomic mass is 10.1. The van der Waals surface area contributed by atoms with Gasteiger partial charge in [0.15, 0.2) is 12.1 Å². The molecule has 9 nitrogen and oxygen atoms in total. The number of ether oxygens (including phenoxy) is 1. The van der Waals surface area contributed by atoms with Gasteiger partial charge in [0, 0.05) is 30.6 Å². The Morgan fingerprint density at radius 3 is 2.49 bits per heavy atom. The lowest BCUT2D eigenvalue weighted by Gasteiger charge is -2.08. The lowest BCUT2D eigenvalue weighted by Crippen LogP contribution is -2.24. The number of methoxy groups -OCH3 is 1. The van der Waals surface area contributed by atoms with Crippen molar-refractivity contribution in [1.82, 2.24) is 25.1 Å². The average Bonchev–Trinajstić information content (AvgIpc) is 3.46. The Balaban J connectivity index is 1.46. The minimum absolute atomic E-state index is 0.0888. The van der Waals surface area contributed by atoms with Crippen LogP contribution >= 0.6 is 0 Å². The van der Waals surface area contributed by atoms with E-state index in [1.165, 1.54) is 19.3 Å². The molecule has 0 saturated heterocycles. The van der Waals surface area contributed by atoms with Gasteiger partial charge in [-0.25, -0.2) is 19.4 Å². The summed E-state index contributed by atoms with van der Waals surface area (Å²) in [6.45, 7) is 0.258. The first-order chi connectivity index (χ1) is 17.1. The van der Waals surface area contributed by atoms with Crippen LogP contribution in [0.3, 0.4) is 0 Å². The molecule has 0 bridgehead atoms. The van der Waals surface area contributed by atoms with Crippen molar-refractivity contribution in [3.05, 3.63) is 102 Å². The number of amides is 1. The third kappa shape index (κ3) is 5.91. The maximum absolute atomic E-state index is 12.8. The molecule has 2 aromatic carbocycles. The largest absolute Gasteiger partial charge is 0.466 e. The van der Waals surface area contributed by atoms with Crippen LogP contribution in [0.5, 0.6) is 0 Å². The molecular weight excluding hydrogens is 446 g/mol. The number of rotatable bonds is 8. The van der Waals surface area contributed by atoms with E-state index in [-0.39, 0.29) is 23.8 Å². The van der Waals surface area contributed by atoms with Crippen LogP contribution in [0.15, 0.2) is 79.1 Å². The maximum Gasteiger partial charge on any atom is 0.330 e. The predicted molar refractivity (Wildman–Crippen MR) is 129 cm³/mol. The number of carbonyl (C=O) groups excluding carboxylic acids is 3. The quantitative estimate of drug-likeness (QED) is 0.240. The Hall–Kier alpha value is -4.92. The molecule has 1 N–H and O–H groups in total. The van der Waals surface area contributed by atoms with Crippen LogP contribution < -0.4 is 5.32 Å². The van der Waals surface area contributed by atoms with E-state index in [1.807, 2.05) is 48.7 Å². The molecule has 0 atom stereocenters. The van der Waals surface area contributed by atoms with Crippen molar-refractivity contribution < 1.29 is 19.1 Å². The fraction of sp³-hybridized carbons (Fsp3) is 0.0769. The van der Waals surface area contributed by atoms with E-state index >= 15 is 0 Å². The van der Waals surface area contributed by atoms with Gasteiger partial charge in [0.2, 0.25) is 0 Å². The van der Waals surface area contributed by atoms with Crippen molar-refractivity contribution in [2.45, 2.75) is 6.54 Å². The zero-order valence-corrected chi connectivity index (χ0v) is 18.8. The number of nitrogens with zero attached hydrogens (tertiary/aromatic N) is 4. The van der Waals surface area contributed by atoms with Crippen LogP contribution in [-0.2, 0) is 16.1 Å². The van der Waals surface area contributed by atoms with E-state index in [4.69, 9.17) is 0 Å². The summed E-state index contributed by atoms with van der Waals surface area (Å²) in [5.74, 6) is -0.595. The number of benzene rings is 2. The standard InChI is InChI=1S/C26H21N5O4/c1-35-24(33)12-7-18-3-5-19(6-4-18)16-27-26(34)23-15-21(17-32)29-25(30-23)20-8-10-22(11-9-20)31-14-2-13-28-31/h2-15,17H,16H2,1H3,(H,27,34)/b12-7+. The number of aromatic nitrogens is 4. The second kappa shape index (κ2) is 10.8. The molecule has 0 spiro atoms. The molecule has 0 aliphatic carbocycles. The summed E-state index contributed by atoms with van der Waals surface area (Å²) in [4.78, 5) is 44.0. The normalized spacial score (nSPS) is 10.8. The summed E-state index contributed by atoms with van der Waals surface area (Å²) in [5, 5.41) is 6.99. The van der Waals surface area contributed by atoms with Gasteiger partial charge >= 0.3 is 5.97 Å². The van der Waals surface area contributed by atoms with Crippen LogP contribution in [-0.4, -0.2) is 45.0 Å². The molecule has 0 fully saturated rings. The van der Waals surface area contributed by atoms with Gasteiger partial charge in [0.25, 0.3) is 5.91 Å². The van der Waals surface area contributed by atoms with Crippen LogP contribution in [0.1, 0.15) is 32.1 Å². The van der Waals surface area contributed by atoms with Crippen LogP contribution in [0.4, 0.5) is 0 Å². The van der Waals surface area contributed by atoms with Gasteiger partial charge in [-0.05, 0) is 53.6 Å². The highest BCUT2D eigenvalue weighted by Gasteiger charge is 2.13. The molecule has 174 valence electrons. The van der Waals surface area contributed by atoms with Gasteiger partial charge < -0.3 is 10.1 Å². The second-order valence-electron chi connectivity index (χ2n) is 7.40. The highest BCUT2D eigenvalue weighted by Crippen LogP contribution is 2.18. The maximum atomic E-state index is 12.8. The number of hydrogen-bond acceptors (Lipinski definition) is 7. The molecule has 4 rings (SSSR count). The zero-order valence-electron chi connectivity index (χ0n) is 18.8. The third-order valence-electron chi connectivity index (χ3n) is 5.04. The second-order valence-corrected chi connectivity index (χ2v) is 7.40. The fourth-order valence-corrected chi connectivity index (χ4v) is 3.21. The van der Waals surface area contributed by atoms with E-state index in [2.05, 4.69) is 25.1 Å². The first-order valence-corrected chi connectivity index (χ1v) is 10.6. The molecule has 35 heavy (non-hydrogen) atoms. The number of carbonyl (C=O) groups is 3. The van der Waals surface area contributed by atoms with Crippen molar-refractivity contribution in [3.8, 4) is 17.1 Å². The Labute approximate surface area is 201 Å². The molecule has 0 aliphatic heterocycles. The Morgan fingerprint density at radius 1 is 1.06 bits per heavy atom. The van der Waals surface area contributed by atoms with Gasteiger partial charge in [-0.3, -0.25) is 9.59 Å². The minimum Gasteiger partial charge on any atom is -0.466 e. The predicted octanol–water partition coefficient (Wildman–Crippen LogP) is 3.26. The number of esters is 1. The molecule has 0 aliphatic rings. The van der Waals surface area contributed by atoms with E-state index in [0.29, 0.717) is 11.8 Å². The average molecular weight is 467 g/mol. The van der Waals surface area contributed by atoms with Crippen molar-refractivity contribution in [2.24, 2.45) is 0 Å². The van der Waals surface area contributed by atoms with Crippen molar-refractivity contribution in [2.75, 3.05) is 7.11 Å². The number of hydrogen-bond donors (Lipinski definition) is 1. The molecule has 1 amide bonds. The van der Waals surface area contributed by atoms with Gasteiger partial charge in [-0.15, -0.1) is 0 Å². The third-order valence-corrected chi connectivity index (χ3v) is 5.04. The molecule has 0 saturated carbocycles. The van der Waals surface area contributed by atoms with E-state index in [9.17, 15) is 14.4 Å². The van der Waals surface area contributed by atoms with Gasteiger partial charge in [0.1, 0.15) is 11.4 Å². The van der Waals surface area contributed by atoms with E-state index in [0.717, 1.165) is 16.8 Å². The van der Waals surface area contributed by atoms with Crippen LogP contribution in [0.2, 0.25) is 0 Å².